The lowest BCUT2D eigenvalue weighted by molar-refractivity contribution is -0.0327. The molecule has 1 rings (SSSR count). The second kappa shape index (κ2) is 6.26. The molecule has 0 aromatic rings. The first kappa shape index (κ1) is 15.1. The first-order chi connectivity index (χ1) is 7.79. The third-order valence-electron chi connectivity index (χ3n) is 2.07. The second-order valence-electron chi connectivity index (χ2n) is 3.74. The van der Waals surface area contributed by atoms with Crippen LogP contribution < -0.4 is 10.0 Å². The molecular weight excluding hydrogens is 277 g/mol. The van der Waals surface area contributed by atoms with Gasteiger partial charge in [0.1, 0.15) is 0 Å². The van der Waals surface area contributed by atoms with Gasteiger partial charge in [0.25, 0.3) is 0 Å². The third-order valence-corrected chi connectivity index (χ3v) is 4.19. The zero-order valence-electron chi connectivity index (χ0n) is 9.09. The molecule has 2 N–H and O–H groups in total. The molecule has 1 fully saturated rings. The predicted octanol–water partition coefficient (Wildman–Crippen LogP) is 0.911. The minimum Gasteiger partial charge on any atom is -0.313 e. The molecule has 1 aliphatic carbocycles. The first-order valence-corrected chi connectivity index (χ1v) is 7.84. The minimum atomic E-state index is -4.31. The highest BCUT2D eigenvalue weighted by molar-refractivity contribution is 8.00. The van der Waals surface area contributed by atoms with E-state index in [9.17, 15) is 21.6 Å². The third kappa shape index (κ3) is 8.70. The van der Waals surface area contributed by atoms with Gasteiger partial charge in [0.2, 0.25) is 10.0 Å². The molecule has 1 saturated carbocycles. The van der Waals surface area contributed by atoms with Crippen LogP contribution in [0, 0.1) is 0 Å². The molecule has 17 heavy (non-hydrogen) atoms. The van der Waals surface area contributed by atoms with Gasteiger partial charge in [0, 0.05) is 24.9 Å². The Labute approximate surface area is 103 Å². The lowest BCUT2D eigenvalue weighted by Crippen LogP contribution is -2.34. The average molecular weight is 292 g/mol. The van der Waals surface area contributed by atoms with Crippen molar-refractivity contribution in [1.82, 2.24) is 10.0 Å². The van der Waals surface area contributed by atoms with Gasteiger partial charge in [-0.15, -0.1) is 0 Å². The van der Waals surface area contributed by atoms with Crippen molar-refractivity contribution >= 4 is 21.8 Å². The number of alkyl halides is 3. The van der Waals surface area contributed by atoms with E-state index in [-0.39, 0.29) is 29.8 Å². The normalized spacial score (nSPS) is 17.4. The molecule has 1 aliphatic rings. The molecule has 0 bridgehead atoms. The summed E-state index contributed by atoms with van der Waals surface area (Å²) in [7, 11) is -3.46. The van der Waals surface area contributed by atoms with Crippen molar-refractivity contribution in [2.24, 2.45) is 0 Å². The van der Waals surface area contributed by atoms with Crippen LogP contribution in [0.25, 0.3) is 0 Å². The Balaban J connectivity index is 2.06. The highest BCUT2D eigenvalue weighted by Gasteiger charge is 2.27. The molecule has 0 heterocycles. The van der Waals surface area contributed by atoms with Crippen molar-refractivity contribution in [3.8, 4) is 0 Å². The molecule has 0 saturated heterocycles. The Hall–Kier alpha value is 0.01000. The lowest BCUT2D eigenvalue weighted by atomic mass is 10.6. The highest BCUT2D eigenvalue weighted by Crippen LogP contribution is 2.29. The molecule has 0 aromatic heterocycles. The number of halogens is 3. The molecule has 0 spiro atoms. The molecule has 9 heteroatoms. The van der Waals surface area contributed by atoms with Crippen LogP contribution in [0.2, 0.25) is 0 Å². The number of rotatable bonds is 8. The van der Waals surface area contributed by atoms with E-state index in [1.807, 2.05) is 0 Å². The molecule has 0 radical (unpaired) electrons. The van der Waals surface area contributed by atoms with Crippen molar-refractivity contribution in [2.45, 2.75) is 24.4 Å². The zero-order valence-corrected chi connectivity index (χ0v) is 10.7. The summed E-state index contributed by atoms with van der Waals surface area (Å²) in [6.45, 7) is 0.141. The molecule has 0 atom stereocenters. The summed E-state index contributed by atoms with van der Waals surface area (Å²) >= 11 is -0.230. The summed E-state index contributed by atoms with van der Waals surface area (Å²) in [4.78, 5) is 0. The molecule has 0 aromatic carbocycles. The van der Waals surface area contributed by atoms with Gasteiger partial charge in [-0.1, -0.05) is 0 Å². The number of thioether (sulfide) groups is 1. The van der Waals surface area contributed by atoms with E-state index in [0.717, 1.165) is 12.8 Å². The quantitative estimate of drug-likeness (QED) is 0.653. The molecule has 0 aliphatic heterocycles. The average Bonchev–Trinajstić information content (AvgIpc) is 2.95. The van der Waals surface area contributed by atoms with Gasteiger partial charge >= 0.3 is 5.51 Å². The van der Waals surface area contributed by atoms with Crippen LogP contribution in [0.5, 0.6) is 0 Å². The Kier molecular flexibility index (Phi) is 5.55. The highest BCUT2D eigenvalue weighted by atomic mass is 32.2. The SMILES string of the molecule is O=S(=O)(CCNC1CC1)NCCSC(F)(F)F. The van der Waals surface area contributed by atoms with E-state index in [4.69, 9.17) is 0 Å². The maximum absolute atomic E-state index is 11.7. The van der Waals surface area contributed by atoms with Crippen molar-refractivity contribution in [1.29, 1.82) is 0 Å². The summed E-state index contributed by atoms with van der Waals surface area (Å²) in [6, 6.07) is 0.422. The summed E-state index contributed by atoms with van der Waals surface area (Å²) in [5, 5.41) is 3.02. The van der Waals surface area contributed by atoms with Gasteiger partial charge in [-0.25, -0.2) is 13.1 Å². The van der Waals surface area contributed by atoms with Crippen LogP contribution >= 0.6 is 11.8 Å². The molecule has 0 unspecified atom stereocenters. The molecule has 4 nitrogen and oxygen atoms in total. The Morgan fingerprint density at radius 1 is 1.24 bits per heavy atom. The van der Waals surface area contributed by atoms with Crippen LogP contribution in [0.15, 0.2) is 0 Å². The van der Waals surface area contributed by atoms with Crippen LogP contribution in [0.1, 0.15) is 12.8 Å². The Morgan fingerprint density at radius 3 is 2.41 bits per heavy atom. The van der Waals surface area contributed by atoms with Gasteiger partial charge in [-0.05, 0) is 24.6 Å². The minimum absolute atomic E-state index is 0.0970. The van der Waals surface area contributed by atoms with Crippen LogP contribution in [0.4, 0.5) is 13.2 Å². The van der Waals surface area contributed by atoms with E-state index in [2.05, 4.69) is 10.0 Å². The summed E-state index contributed by atoms with van der Waals surface area (Å²) in [6.07, 6.45) is 2.13. The van der Waals surface area contributed by atoms with Gasteiger partial charge in [0.05, 0.1) is 5.75 Å². The largest absolute Gasteiger partial charge is 0.441 e. The maximum atomic E-state index is 11.7. The van der Waals surface area contributed by atoms with E-state index < -0.39 is 15.5 Å². The molecular formula is C8H15F3N2O2S2. The number of hydrogen-bond donors (Lipinski definition) is 2. The number of hydrogen-bond acceptors (Lipinski definition) is 4. The summed E-state index contributed by atoms with van der Waals surface area (Å²) < 4.78 is 60.0. The van der Waals surface area contributed by atoms with Crippen LogP contribution in [-0.4, -0.2) is 44.6 Å². The second-order valence-corrected chi connectivity index (χ2v) is 6.82. The fourth-order valence-electron chi connectivity index (χ4n) is 1.12. The van der Waals surface area contributed by atoms with Gasteiger partial charge in [0.15, 0.2) is 0 Å². The monoisotopic (exact) mass is 292 g/mol. The van der Waals surface area contributed by atoms with E-state index in [1.165, 1.54) is 0 Å². The van der Waals surface area contributed by atoms with Crippen molar-refractivity contribution in [2.75, 3.05) is 24.6 Å². The fourth-order valence-corrected chi connectivity index (χ4v) is 2.63. The zero-order chi connectivity index (χ0) is 12.9. The van der Waals surface area contributed by atoms with E-state index >= 15 is 0 Å². The predicted molar refractivity (Wildman–Crippen MR) is 61.3 cm³/mol. The number of nitrogens with one attached hydrogen (secondary N) is 2. The van der Waals surface area contributed by atoms with Gasteiger partial charge in [-0.2, -0.15) is 13.2 Å². The van der Waals surface area contributed by atoms with Crippen LogP contribution in [0.3, 0.4) is 0 Å². The fraction of sp³-hybridized carbons (Fsp3) is 1.00. The lowest BCUT2D eigenvalue weighted by Gasteiger charge is -2.08. The summed E-state index contributed by atoms with van der Waals surface area (Å²) in [5.74, 6) is -0.404. The van der Waals surface area contributed by atoms with Crippen molar-refractivity contribution < 1.29 is 21.6 Å². The molecule has 0 amide bonds. The first-order valence-electron chi connectivity index (χ1n) is 5.20. The summed E-state index contributed by atoms with van der Waals surface area (Å²) in [5.41, 5.74) is -4.31. The molecule has 102 valence electrons. The van der Waals surface area contributed by atoms with E-state index in [1.54, 1.807) is 0 Å². The Bertz CT molecular complexity index is 328. The van der Waals surface area contributed by atoms with E-state index in [0.29, 0.717) is 12.6 Å². The van der Waals surface area contributed by atoms with Gasteiger partial charge in [-0.3, -0.25) is 0 Å². The maximum Gasteiger partial charge on any atom is 0.441 e. The smallest absolute Gasteiger partial charge is 0.313 e. The van der Waals surface area contributed by atoms with Gasteiger partial charge < -0.3 is 5.32 Å². The standard InChI is InChI=1S/C8H15F3N2O2S2/c9-8(10,11)16-5-3-13-17(14,15)6-4-12-7-1-2-7/h7,12-13H,1-6H2. The topological polar surface area (TPSA) is 58.2 Å². The Morgan fingerprint density at radius 2 is 1.88 bits per heavy atom. The van der Waals surface area contributed by atoms with Crippen molar-refractivity contribution in [3.05, 3.63) is 0 Å². The number of sulfonamides is 1. The van der Waals surface area contributed by atoms with Crippen molar-refractivity contribution in [3.63, 3.8) is 0 Å². The van der Waals surface area contributed by atoms with Crippen LogP contribution in [-0.2, 0) is 10.0 Å².